The largest absolute Gasteiger partial charge is 0.384 e. The first kappa shape index (κ1) is 15.0. The molecule has 1 aromatic rings. The van der Waals surface area contributed by atoms with Crippen LogP contribution in [0.4, 0.5) is 5.69 Å². The molecule has 4 nitrogen and oxygen atoms in total. The second kappa shape index (κ2) is 6.86. The quantitative estimate of drug-likeness (QED) is 0.867. The topological polar surface area (TPSA) is 50.4 Å². The van der Waals surface area contributed by atoms with E-state index in [1.165, 1.54) is 5.56 Å². The zero-order valence-electron chi connectivity index (χ0n) is 12.4. The van der Waals surface area contributed by atoms with E-state index < -0.39 is 5.41 Å². The maximum absolute atomic E-state index is 12.6. The number of carbonyl (C=O) groups is 1. The molecule has 20 heavy (non-hydrogen) atoms. The predicted molar refractivity (Wildman–Crippen MR) is 80.9 cm³/mol. The number of amides is 1. The van der Waals surface area contributed by atoms with Gasteiger partial charge in [0, 0.05) is 12.8 Å². The molecule has 0 aromatic heterocycles. The number of hydrogen-bond donors (Lipinski definition) is 2. The van der Waals surface area contributed by atoms with Gasteiger partial charge >= 0.3 is 0 Å². The van der Waals surface area contributed by atoms with Gasteiger partial charge in [-0.2, -0.15) is 0 Å². The lowest BCUT2D eigenvalue weighted by Gasteiger charge is -2.35. The Bertz CT molecular complexity index is 431. The van der Waals surface area contributed by atoms with Crippen LogP contribution in [0.15, 0.2) is 24.3 Å². The molecule has 1 amide bonds. The van der Waals surface area contributed by atoms with E-state index in [4.69, 9.17) is 4.74 Å². The molecule has 2 rings (SSSR count). The molecule has 4 heteroatoms. The van der Waals surface area contributed by atoms with Gasteiger partial charge in [0.25, 0.3) is 0 Å². The fraction of sp³-hybridized carbons (Fsp3) is 0.562. The Hall–Kier alpha value is -1.39. The van der Waals surface area contributed by atoms with E-state index in [1.807, 2.05) is 12.1 Å². The van der Waals surface area contributed by atoms with Crippen LogP contribution in [-0.4, -0.2) is 32.7 Å². The smallest absolute Gasteiger partial charge is 0.233 e. The molecule has 0 saturated carbocycles. The van der Waals surface area contributed by atoms with Gasteiger partial charge < -0.3 is 15.4 Å². The zero-order chi connectivity index (χ0) is 14.4. The molecule has 0 radical (unpaired) electrons. The van der Waals surface area contributed by atoms with E-state index in [1.54, 1.807) is 7.11 Å². The Morgan fingerprint density at radius 1 is 1.30 bits per heavy atom. The predicted octanol–water partition coefficient (Wildman–Crippen LogP) is 2.20. The number of piperidine rings is 1. The van der Waals surface area contributed by atoms with Gasteiger partial charge in [-0.3, -0.25) is 4.79 Å². The Balaban J connectivity index is 2.07. The van der Waals surface area contributed by atoms with Crippen LogP contribution >= 0.6 is 0 Å². The lowest BCUT2D eigenvalue weighted by Crippen LogP contribution is -2.47. The number of carbonyl (C=O) groups excluding carboxylic acids is 1. The second-order valence-corrected chi connectivity index (χ2v) is 5.47. The van der Waals surface area contributed by atoms with E-state index >= 15 is 0 Å². The van der Waals surface area contributed by atoms with E-state index in [0.717, 1.165) is 38.0 Å². The number of hydrogen-bond acceptors (Lipinski definition) is 3. The standard InChI is InChI=1S/C16H24N2O2/c1-3-13-4-6-14(7-5-13)18-15(19)16(12-20-2)8-10-17-11-9-16/h4-7,17H,3,8-12H2,1-2H3,(H,18,19). The maximum atomic E-state index is 12.6. The van der Waals surface area contributed by atoms with Crippen molar-refractivity contribution in [2.24, 2.45) is 5.41 Å². The van der Waals surface area contributed by atoms with Crippen LogP contribution in [0, 0.1) is 5.41 Å². The van der Waals surface area contributed by atoms with Crippen molar-refractivity contribution in [2.45, 2.75) is 26.2 Å². The third-order valence-corrected chi connectivity index (χ3v) is 4.08. The average Bonchev–Trinajstić information content (AvgIpc) is 2.49. The van der Waals surface area contributed by atoms with Crippen molar-refractivity contribution in [1.29, 1.82) is 0 Å². The minimum atomic E-state index is -0.399. The summed E-state index contributed by atoms with van der Waals surface area (Å²) >= 11 is 0. The number of aryl methyl sites for hydroxylation is 1. The molecule has 0 aliphatic carbocycles. The molecule has 1 aliphatic heterocycles. The normalized spacial score (nSPS) is 17.7. The summed E-state index contributed by atoms with van der Waals surface area (Å²) in [4.78, 5) is 12.6. The first-order chi connectivity index (χ1) is 9.70. The van der Waals surface area contributed by atoms with Crippen LogP contribution in [0.5, 0.6) is 0 Å². The monoisotopic (exact) mass is 276 g/mol. The SMILES string of the molecule is CCc1ccc(NC(=O)C2(COC)CCNCC2)cc1. The molecule has 1 saturated heterocycles. The minimum Gasteiger partial charge on any atom is -0.384 e. The number of rotatable bonds is 5. The second-order valence-electron chi connectivity index (χ2n) is 5.47. The fourth-order valence-electron chi connectivity index (χ4n) is 2.71. The Morgan fingerprint density at radius 3 is 2.50 bits per heavy atom. The number of methoxy groups -OCH3 is 1. The molecule has 2 N–H and O–H groups in total. The molecular weight excluding hydrogens is 252 g/mol. The summed E-state index contributed by atoms with van der Waals surface area (Å²) < 4.78 is 5.29. The fourth-order valence-corrected chi connectivity index (χ4v) is 2.71. The summed E-state index contributed by atoms with van der Waals surface area (Å²) in [7, 11) is 1.66. The van der Waals surface area contributed by atoms with E-state index in [2.05, 4.69) is 29.7 Å². The zero-order valence-corrected chi connectivity index (χ0v) is 12.4. The Morgan fingerprint density at radius 2 is 1.95 bits per heavy atom. The van der Waals surface area contributed by atoms with Crippen LogP contribution in [0.3, 0.4) is 0 Å². The van der Waals surface area contributed by atoms with Gasteiger partial charge in [0.05, 0.1) is 12.0 Å². The van der Waals surface area contributed by atoms with Crippen molar-refractivity contribution in [2.75, 3.05) is 32.1 Å². The number of benzene rings is 1. The van der Waals surface area contributed by atoms with E-state index in [-0.39, 0.29) is 5.91 Å². The first-order valence-corrected chi connectivity index (χ1v) is 7.30. The summed E-state index contributed by atoms with van der Waals surface area (Å²) in [6.07, 6.45) is 2.65. The van der Waals surface area contributed by atoms with Crippen molar-refractivity contribution >= 4 is 11.6 Å². The van der Waals surface area contributed by atoms with Crippen molar-refractivity contribution < 1.29 is 9.53 Å². The lowest BCUT2D eigenvalue weighted by molar-refractivity contribution is -0.130. The molecule has 1 heterocycles. The van der Waals surface area contributed by atoms with Gasteiger partial charge in [0.1, 0.15) is 0 Å². The summed E-state index contributed by atoms with van der Waals surface area (Å²) in [5.41, 5.74) is 1.74. The summed E-state index contributed by atoms with van der Waals surface area (Å²) in [6.45, 7) is 4.33. The Labute approximate surface area is 120 Å². The highest BCUT2D eigenvalue weighted by Crippen LogP contribution is 2.30. The highest BCUT2D eigenvalue weighted by Gasteiger charge is 2.39. The summed E-state index contributed by atoms with van der Waals surface area (Å²) in [6, 6.07) is 8.05. The van der Waals surface area contributed by atoms with Gasteiger partial charge in [-0.25, -0.2) is 0 Å². The van der Waals surface area contributed by atoms with Gasteiger partial charge in [-0.15, -0.1) is 0 Å². The molecule has 110 valence electrons. The number of ether oxygens (including phenoxy) is 1. The Kier molecular flexibility index (Phi) is 5.15. The molecule has 0 bridgehead atoms. The third kappa shape index (κ3) is 3.38. The van der Waals surface area contributed by atoms with Crippen LogP contribution in [0.2, 0.25) is 0 Å². The van der Waals surface area contributed by atoms with Crippen molar-refractivity contribution in [3.05, 3.63) is 29.8 Å². The highest BCUT2D eigenvalue weighted by molar-refractivity contribution is 5.95. The number of nitrogens with one attached hydrogen (secondary N) is 2. The third-order valence-electron chi connectivity index (χ3n) is 4.08. The first-order valence-electron chi connectivity index (χ1n) is 7.30. The molecule has 0 spiro atoms. The highest BCUT2D eigenvalue weighted by atomic mass is 16.5. The molecule has 1 aliphatic rings. The van der Waals surface area contributed by atoms with Crippen molar-refractivity contribution in [1.82, 2.24) is 5.32 Å². The van der Waals surface area contributed by atoms with E-state index in [9.17, 15) is 4.79 Å². The number of anilines is 1. The van der Waals surface area contributed by atoms with Gasteiger partial charge in [0.2, 0.25) is 5.91 Å². The maximum Gasteiger partial charge on any atom is 0.233 e. The minimum absolute atomic E-state index is 0.0742. The summed E-state index contributed by atoms with van der Waals surface area (Å²) in [5, 5.41) is 6.34. The van der Waals surface area contributed by atoms with E-state index in [0.29, 0.717) is 6.61 Å². The van der Waals surface area contributed by atoms with Crippen molar-refractivity contribution in [3.8, 4) is 0 Å². The van der Waals surface area contributed by atoms with Crippen LogP contribution in [0.1, 0.15) is 25.3 Å². The van der Waals surface area contributed by atoms with Crippen LogP contribution in [-0.2, 0) is 16.0 Å². The lowest BCUT2D eigenvalue weighted by atomic mass is 9.78. The molecule has 1 fully saturated rings. The van der Waals surface area contributed by atoms with Crippen LogP contribution < -0.4 is 10.6 Å². The van der Waals surface area contributed by atoms with Crippen molar-refractivity contribution in [3.63, 3.8) is 0 Å². The summed E-state index contributed by atoms with van der Waals surface area (Å²) in [5.74, 6) is 0.0742. The van der Waals surface area contributed by atoms with Gasteiger partial charge in [-0.1, -0.05) is 19.1 Å². The van der Waals surface area contributed by atoms with Gasteiger partial charge in [0.15, 0.2) is 0 Å². The molecule has 0 atom stereocenters. The molecular formula is C16H24N2O2. The molecule has 0 unspecified atom stereocenters. The average molecular weight is 276 g/mol. The van der Waals surface area contributed by atoms with Gasteiger partial charge in [-0.05, 0) is 50.0 Å². The van der Waals surface area contributed by atoms with Crippen LogP contribution in [0.25, 0.3) is 0 Å². The molecule has 1 aromatic carbocycles.